The molecule has 0 radical (unpaired) electrons. The average molecular weight is 205 g/mol. The monoisotopic (exact) mass is 205 g/mol. The van der Waals surface area contributed by atoms with E-state index in [1.165, 1.54) is 24.3 Å². The summed E-state index contributed by atoms with van der Waals surface area (Å²) < 4.78 is 0. The van der Waals surface area contributed by atoms with Crippen LogP contribution < -0.4 is 51.4 Å². The minimum absolute atomic E-state index is 0. The third-order valence-corrected chi connectivity index (χ3v) is 1.39. The maximum absolute atomic E-state index is 10.5. The van der Waals surface area contributed by atoms with Gasteiger partial charge in [-0.25, -0.2) is 9.59 Å². The van der Waals surface area contributed by atoms with Crippen LogP contribution in [0.4, 0.5) is 0 Å². The summed E-state index contributed by atoms with van der Waals surface area (Å²) in [5.41, 5.74) is -0.380. The van der Waals surface area contributed by atoms with Gasteiger partial charge in [-0.1, -0.05) is 12.1 Å². The Balaban J connectivity index is 0.00000144. The smallest absolute Gasteiger partial charge is 0.478 e. The summed E-state index contributed by atoms with van der Waals surface area (Å²) in [5, 5.41) is 17.1. The number of benzene rings is 1. The second-order valence-corrected chi connectivity index (χ2v) is 2.16. The van der Waals surface area contributed by atoms with Crippen LogP contribution in [0.5, 0.6) is 0 Å². The second-order valence-electron chi connectivity index (χ2n) is 2.16. The Morgan fingerprint density at radius 3 is 1.46 bits per heavy atom. The van der Waals surface area contributed by atoms with Crippen LogP contribution >= 0.6 is 0 Å². The molecule has 1 aromatic carbocycles. The number of carboxylic acids is 2. The van der Waals surface area contributed by atoms with Crippen LogP contribution in [0.2, 0.25) is 0 Å². The number of carbonyl (C=O) groups is 2. The fourth-order valence-electron chi connectivity index (χ4n) is 0.856. The Hall–Kier alpha value is -0.204. The fourth-order valence-corrected chi connectivity index (χ4v) is 0.856. The van der Waals surface area contributed by atoms with Crippen molar-refractivity contribution in [3.8, 4) is 0 Å². The van der Waals surface area contributed by atoms with E-state index in [0.29, 0.717) is 0 Å². The Morgan fingerprint density at radius 2 is 1.23 bits per heavy atom. The van der Waals surface area contributed by atoms with Crippen LogP contribution in [-0.2, 0) is 0 Å². The molecule has 1 rings (SSSR count). The van der Waals surface area contributed by atoms with E-state index in [9.17, 15) is 9.59 Å². The van der Waals surface area contributed by atoms with Crippen molar-refractivity contribution in [3.63, 3.8) is 0 Å². The molecule has 62 valence electrons. The minimum Gasteiger partial charge on any atom is -0.478 e. The first-order valence-corrected chi connectivity index (χ1v) is 3.18. The molecule has 0 unspecified atom stereocenters. The summed E-state index contributed by atoms with van der Waals surface area (Å²) in [5.74, 6) is -2.46. The van der Waals surface area contributed by atoms with E-state index in [4.69, 9.17) is 10.2 Å². The average Bonchev–Trinajstić information content (AvgIpc) is 2.04. The van der Waals surface area contributed by atoms with Crippen molar-refractivity contribution in [1.29, 1.82) is 0 Å². The molecule has 0 spiro atoms. The van der Waals surface area contributed by atoms with E-state index in [1.807, 2.05) is 0 Å². The van der Waals surface area contributed by atoms with Crippen LogP contribution in [0, 0.1) is 0 Å². The van der Waals surface area contributed by atoms with Gasteiger partial charge in [0, 0.05) is 0 Å². The molecule has 0 saturated carbocycles. The van der Waals surface area contributed by atoms with Crippen LogP contribution in [-0.4, -0.2) is 22.2 Å². The SMILES string of the molecule is O=C(O)c1ccccc1C(=O)O.[K+]. The molecule has 4 nitrogen and oxygen atoms in total. The van der Waals surface area contributed by atoms with Crippen LogP contribution in [0.15, 0.2) is 24.3 Å². The van der Waals surface area contributed by atoms with Gasteiger partial charge in [-0.2, -0.15) is 0 Å². The zero-order valence-electron chi connectivity index (χ0n) is 7.02. The normalized spacial score (nSPS) is 8.62. The van der Waals surface area contributed by atoms with Gasteiger partial charge in [-0.15, -0.1) is 0 Å². The summed E-state index contributed by atoms with van der Waals surface area (Å²) in [4.78, 5) is 20.9. The largest absolute Gasteiger partial charge is 1.00 e. The molecule has 1 aromatic rings. The molecular weight excluding hydrogens is 199 g/mol. The van der Waals surface area contributed by atoms with Gasteiger partial charge >= 0.3 is 63.3 Å². The Kier molecular flexibility index (Phi) is 5.42. The number of hydrogen-bond donors (Lipinski definition) is 2. The van der Waals surface area contributed by atoms with Crippen molar-refractivity contribution in [2.24, 2.45) is 0 Å². The van der Waals surface area contributed by atoms with Crippen molar-refractivity contribution in [1.82, 2.24) is 0 Å². The van der Waals surface area contributed by atoms with Gasteiger partial charge in [0.2, 0.25) is 0 Å². The molecule has 0 aliphatic rings. The Bertz CT molecular complexity index is 302. The fraction of sp³-hybridized carbons (Fsp3) is 0. The van der Waals surface area contributed by atoms with E-state index in [0.717, 1.165) is 0 Å². The molecule has 0 heterocycles. The summed E-state index contributed by atoms with van der Waals surface area (Å²) in [6, 6.07) is 5.48. The summed E-state index contributed by atoms with van der Waals surface area (Å²) >= 11 is 0. The van der Waals surface area contributed by atoms with Gasteiger partial charge < -0.3 is 10.2 Å². The zero-order chi connectivity index (χ0) is 9.14. The zero-order valence-corrected chi connectivity index (χ0v) is 10.1. The molecule has 0 bridgehead atoms. The van der Waals surface area contributed by atoms with E-state index in [-0.39, 0.29) is 62.5 Å². The molecular formula is C8H6KO4+. The minimum atomic E-state index is -1.23. The van der Waals surface area contributed by atoms with Gasteiger partial charge in [-0.05, 0) is 12.1 Å². The van der Waals surface area contributed by atoms with Crippen molar-refractivity contribution in [2.75, 3.05) is 0 Å². The molecule has 13 heavy (non-hydrogen) atoms. The maximum atomic E-state index is 10.5. The molecule has 2 N–H and O–H groups in total. The molecule has 0 aromatic heterocycles. The molecule has 5 heteroatoms. The first-order valence-electron chi connectivity index (χ1n) is 3.18. The van der Waals surface area contributed by atoms with Crippen molar-refractivity contribution >= 4 is 11.9 Å². The Labute approximate surface area is 117 Å². The van der Waals surface area contributed by atoms with Gasteiger partial charge in [0.05, 0.1) is 11.1 Å². The van der Waals surface area contributed by atoms with E-state index >= 15 is 0 Å². The first-order chi connectivity index (χ1) is 5.63. The number of carboxylic acid groups (broad SMARTS) is 2. The molecule has 0 fully saturated rings. The van der Waals surface area contributed by atoms with E-state index in [2.05, 4.69) is 0 Å². The maximum Gasteiger partial charge on any atom is 1.00 e. The predicted octanol–water partition coefficient (Wildman–Crippen LogP) is -1.91. The molecule has 0 amide bonds. The summed E-state index contributed by atoms with van der Waals surface area (Å²) in [6.45, 7) is 0. The van der Waals surface area contributed by atoms with E-state index < -0.39 is 11.9 Å². The summed E-state index contributed by atoms with van der Waals surface area (Å²) in [6.07, 6.45) is 0. The standard InChI is InChI=1S/C8H6O4.K/c9-7(10)5-3-1-2-4-6(5)8(11)12;/h1-4H,(H,9,10)(H,11,12);/q;+1. The predicted molar refractivity (Wildman–Crippen MR) is 40.4 cm³/mol. The van der Waals surface area contributed by atoms with E-state index in [1.54, 1.807) is 0 Å². The van der Waals surface area contributed by atoms with Gasteiger partial charge in [-0.3, -0.25) is 0 Å². The topological polar surface area (TPSA) is 74.6 Å². The van der Waals surface area contributed by atoms with Crippen LogP contribution in [0.1, 0.15) is 20.7 Å². The van der Waals surface area contributed by atoms with Crippen LogP contribution in [0.25, 0.3) is 0 Å². The van der Waals surface area contributed by atoms with Crippen molar-refractivity contribution < 1.29 is 71.2 Å². The second kappa shape index (κ2) is 5.51. The first kappa shape index (κ1) is 12.8. The van der Waals surface area contributed by atoms with Crippen molar-refractivity contribution in [3.05, 3.63) is 35.4 Å². The number of rotatable bonds is 2. The molecule has 0 atom stereocenters. The molecule has 0 saturated heterocycles. The molecule has 0 aliphatic carbocycles. The van der Waals surface area contributed by atoms with Crippen molar-refractivity contribution in [2.45, 2.75) is 0 Å². The summed E-state index contributed by atoms with van der Waals surface area (Å²) in [7, 11) is 0. The quantitative estimate of drug-likeness (QED) is 0.552. The molecule has 0 aliphatic heterocycles. The number of aromatic carboxylic acids is 2. The Morgan fingerprint density at radius 1 is 0.923 bits per heavy atom. The third kappa shape index (κ3) is 3.20. The third-order valence-electron chi connectivity index (χ3n) is 1.39. The van der Waals surface area contributed by atoms with Gasteiger partial charge in [0.15, 0.2) is 0 Å². The van der Waals surface area contributed by atoms with Gasteiger partial charge in [0.1, 0.15) is 0 Å². The van der Waals surface area contributed by atoms with Crippen LogP contribution in [0.3, 0.4) is 0 Å². The van der Waals surface area contributed by atoms with Gasteiger partial charge in [0.25, 0.3) is 0 Å². The number of hydrogen-bond acceptors (Lipinski definition) is 2.